The second-order valence-corrected chi connectivity index (χ2v) is 8.26. The van der Waals surface area contributed by atoms with Crippen LogP contribution in [0.25, 0.3) is 0 Å². The third kappa shape index (κ3) is 3.12. The SMILES string of the molecule is O=C1OC2(CCCN(C(=O)CCCN3C(=O)c4ccccc4C3=O)C2)c2ccccc21. The molecule has 3 aliphatic heterocycles. The van der Waals surface area contributed by atoms with Gasteiger partial charge in [0.1, 0.15) is 0 Å². The first kappa shape index (κ1) is 19.5. The van der Waals surface area contributed by atoms with E-state index in [9.17, 15) is 19.2 Å². The van der Waals surface area contributed by atoms with Gasteiger partial charge in [0.15, 0.2) is 5.60 Å². The van der Waals surface area contributed by atoms with Crippen molar-refractivity contribution in [2.24, 2.45) is 0 Å². The summed E-state index contributed by atoms with van der Waals surface area (Å²) in [6, 6.07) is 14.1. The summed E-state index contributed by atoms with van der Waals surface area (Å²) in [5.41, 5.74) is 1.48. The van der Waals surface area contributed by atoms with E-state index in [1.807, 2.05) is 18.2 Å². The molecule has 2 aromatic carbocycles. The second kappa shape index (κ2) is 7.34. The van der Waals surface area contributed by atoms with Gasteiger partial charge in [-0.05, 0) is 37.5 Å². The Bertz CT molecular complexity index is 1080. The van der Waals surface area contributed by atoms with Crippen molar-refractivity contribution in [2.75, 3.05) is 19.6 Å². The molecule has 31 heavy (non-hydrogen) atoms. The van der Waals surface area contributed by atoms with E-state index in [2.05, 4.69) is 0 Å². The molecular weight excluding hydrogens is 396 g/mol. The van der Waals surface area contributed by atoms with E-state index in [-0.39, 0.29) is 36.7 Å². The van der Waals surface area contributed by atoms with Crippen molar-refractivity contribution in [3.05, 3.63) is 70.8 Å². The molecule has 3 heterocycles. The Morgan fingerprint density at radius 2 is 1.58 bits per heavy atom. The average Bonchev–Trinajstić information content (AvgIpc) is 3.20. The molecule has 0 N–H and O–H groups in total. The molecule has 1 atom stereocenters. The maximum Gasteiger partial charge on any atom is 0.339 e. The molecule has 5 rings (SSSR count). The zero-order chi connectivity index (χ0) is 21.6. The van der Waals surface area contributed by atoms with Gasteiger partial charge in [-0.2, -0.15) is 0 Å². The molecule has 0 radical (unpaired) electrons. The Hall–Kier alpha value is -3.48. The Kier molecular flexibility index (Phi) is 4.61. The third-order valence-electron chi connectivity index (χ3n) is 6.38. The van der Waals surface area contributed by atoms with Crippen LogP contribution in [0.15, 0.2) is 48.5 Å². The van der Waals surface area contributed by atoms with E-state index in [0.717, 1.165) is 12.0 Å². The van der Waals surface area contributed by atoms with Crippen LogP contribution in [0.5, 0.6) is 0 Å². The molecule has 2 aromatic rings. The van der Waals surface area contributed by atoms with Crippen molar-refractivity contribution < 1.29 is 23.9 Å². The number of esters is 1. The average molecular weight is 418 g/mol. The largest absolute Gasteiger partial charge is 0.449 e. The number of carbonyl (C=O) groups excluding carboxylic acids is 4. The molecule has 3 amide bonds. The highest BCUT2D eigenvalue weighted by Crippen LogP contribution is 2.42. The Labute approximate surface area is 179 Å². The van der Waals surface area contributed by atoms with Crippen LogP contribution < -0.4 is 0 Å². The van der Waals surface area contributed by atoms with Crippen molar-refractivity contribution in [3.8, 4) is 0 Å². The van der Waals surface area contributed by atoms with Gasteiger partial charge in [-0.15, -0.1) is 0 Å². The van der Waals surface area contributed by atoms with Crippen LogP contribution in [0.2, 0.25) is 0 Å². The molecule has 7 nitrogen and oxygen atoms in total. The van der Waals surface area contributed by atoms with Crippen LogP contribution in [0.1, 0.15) is 62.3 Å². The number of amides is 3. The van der Waals surface area contributed by atoms with E-state index < -0.39 is 5.60 Å². The molecule has 3 aliphatic rings. The normalized spacial score (nSPS) is 22.0. The van der Waals surface area contributed by atoms with E-state index in [0.29, 0.717) is 42.6 Å². The van der Waals surface area contributed by atoms with Crippen LogP contribution in [0, 0.1) is 0 Å². The lowest BCUT2D eigenvalue weighted by Gasteiger charge is -2.39. The number of nitrogens with zero attached hydrogens (tertiary/aromatic N) is 2. The van der Waals surface area contributed by atoms with E-state index >= 15 is 0 Å². The minimum absolute atomic E-state index is 0.0592. The minimum Gasteiger partial charge on any atom is -0.449 e. The molecule has 0 saturated carbocycles. The van der Waals surface area contributed by atoms with Crippen LogP contribution >= 0.6 is 0 Å². The standard InChI is InChI=1S/C24H22N2O5/c27-20(11-5-14-26-21(28)16-7-1-2-8-17(16)22(26)29)25-13-6-12-24(15-25)19-10-4-3-9-18(19)23(30)31-24/h1-4,7-10H,5-6,11-15H2. The molecule has 7 heteroatoms. The van der Waals surface area contributed by atoms with Gasteiger partial charge in [0.25, 0.3) is 11.8 Å². The first-order valence-corrected chi connectivity index (χ1v) is 10.6. The molecule has 1 spiro atoms. The van der Waals surface area contributed by atoms with Gasteiger partial charge in [-0.3, -0.25) is 19.3 Å². The smallest absolute Gasteiger partial charge is 0.339 e. The molecule has 1 unspecified atom stereocenters. The maximum atomic E-state index is 12.9. The number of benzene rings is 2. The first-order chi connectivity index (χ1) is 15.0. The number of imide groups is 1. The van der Waals surface area contributed by atoms with Crippen molar-refractivity contribution >= 4 is 23.7 Å². The summed E-state index contributed by atoms with van der Waals surface area (Å²) in [4.78, 5) is 53.1. The number of likely N-dealkylation sites (tertiary alicyclic amines) is 1. The molecule has 0 aliphatic carbocycles. The predicted octanol–water partition coefficient (Wildman–Crippen LogP) is 2.75. The Morgan fingerprint density at radius 1 is 0.935 bits per heavy atom. The lowest BCUT2D eigenvalue weighted by Crippen LogP contribution is -2.48. The third-order valence-corrected chi connectivity index (χ3v) is 6.38. The summed E-state index contributed by atoms with van der Waals surface area (Å²) in [6.07, 6.45) is 2.05. The van der Waals surface area contributed by atoms with Gasteiger partial charge in [0, 0.05) is 25.1 Å². The predicted molar refractivity (Wildman–Crippen MR) is 110 cm³/mol. The van der Waals surface area contributed by atoms with Crippen molar-refractivity contribution in [2.45, 2.75) is 31.3 Å². The summed E-state index contributed by atoms with van der Waals surface area (Å²) < 4.78 is 5.76. The van der Waals surface area contributed by atoms with Gasteiger partial charge in [-0.1, -0.05) is 30.3 Å². The number of rotatable bonds is 4. The van der Waals surface area contributed by atoms with E-state index in [1.165, 1.54) is 4.90 Å². The lowest BCUT2D eigenvalue weighted by molar-refractivity contribution is -0.138. The quantitative estimate of drug-likeness (QED) is 0.563. The highest BCUT2D eigenvalue weighted by molar-refractivity contribution is 6.21. The number of carbonyl (C=O) groups is 4. The fourth-order valence-corrected chi connectivity index (χ4v) is 4.87. The summed E-state index contributed by atoms with van der Waals surface area (Å²) in [6.45, 7) is 1.14. The highest BCUT2D eigenvalue weighted by Gasteiger charge is 2.48. The van der Waals surface area contributed by atoms with Gasteiger partial charge in [0.05, 0.1) is 23.2 Å². The fraction of sp³-hybridized carbons (Fsp3) is 0.333. The van der Waals surface area contributed by atoms with E-state index in [4.69, 9.17) is 4.74 Å². The van der Waals surface area contributed by atoms with Crippen LogP contribution in [-0.2, 0) is 15.1 Å². The molecule has 1 saturated heterocycles. The van der Waals surface area contributed by atoms with Gasteiger partial charge in [0.2, 0.25) is 5.91 Å². The summed E-state index contributed by atoms with van der Waals surface area (Å²) in [7, 11) is 0. The monoisotopic (exact) mass is 418 g/mol. The summed E-state index contributed by atoms with van der Waals surface area (Å²) in [5, 5.41) is 0. The van der Waals surface area contributed by atoms with Gasteiger partial charge < -0.3 is 9.64 Å². The Morgan fingerprint density at radius 3 is 2.29 bits per heavy atom. The summed E-state index contributed by atoms with van der Waals surface area (Å²) >= 11 is 0. The topological polar surface area (TPSA) is 84.0 Å². The van der Waals surface area contributed by atoms with Crippen LogP contribution in [0.4, 0.5) is 0 Å². The molecule has 0 bridgehead atoms. The van der Waals surface area contributed by atoms with Gasteiger partial charge >= 0.3 is 5.97 Å². The number of hydrogen-bond acceptors (Lipinski definition) is 5. The Balaban J connectivity index is 1.22. The molecule has 0 aromatic heterocycles. The maximum absolute atomic E-state index is 12.9. The molecule has 158 valence electrons. The van der Waals surface area contributed by atoms with Crippen molar-refractivity contribution in [1.29, 1.82) is 0 Å². The molecule has 1 fully saturated rings. The van der Waals surface area contributed by atoms with Gasteiger partial charge in [-0.25, -0.2) is 4.79 Å². The number of ether oxygens (including phenoxy) is 1. The number of hydrogen-bond donors (Lipinski definition) is 0. The second-order valence-electron chi connectivity index (χ2n) is 8.26. The van der Waals surface area contributed by atoms with Crippen LogP contribution in [-0.4, -0.2) is 53.1 Å². The number of fused-ring (bicyclic) bond motifs is 3. The van der Waals surface area contributed by atoms with Crippen molar-refractivity contribution in [3.63, 3.8) is 0 Å². The lowest BCUT2D eigenvalue weighted by atomic mass is 9.85. The van der Waals surface area contributed by atoms with E-state index in [1.54, 1.807) is 35.2 Å². The molecular formula is C24H22N2O5. The summed E-state index contributed by atoms with van der Waals surface area (Å²) in [5.74, 6) is -1.01. The number of piperidine rings is 1. The van der Waals surface area contributed by atoms with Crippen molar-refractivity contribution in [1.82, 2.24) is 9.80 Å². The zero-order valence-corrected chi connectivity index (χ0v) is 17.0. The first-order valence-electron chi connectivity index (χ1n) is 10.6. The zero-order valence-electron chi connectivity index (χ0n) is 17.0. The fourth-order valence-electron chi connectivity index (χ4n) is 4.87. The highest BCUT2D eigenvalue weighted by atomic mass is 16.6. The minimum atomic E-state index is -0.774. The van der Waals surface area contributed by atoms with Crippen LogP contribution in [0.3, 0.4) is 0 Å².